The maximum atomic E-state index is 13.2. The second kappa shape index (κ2) is 9.82. The SMILES string of the molecule is CC(C)(C)[S+]([O-])NC(O)(c1cccc(-c2ccc3cnn(-c4nccc(C(F)(F)F)n4)c3c2)n1)C1CC(O)C1. The van der Waals surface area contributed by atoms with Crippen LogP contribution < -0.4 is 4.72 Å². The summed E-state index contributed by atoms with van der Waals surface area (Å²) in [6.45, 7) is 5.34. The maximum absolute atomic E-state index is 13.2. The smallest absolute Gasteiger partial charge is 0.433 e. The first kappa shape index (κ1) is 27.5. The number of benzene rings is 1. The van der Waals surface area contributed by atoms with Gasteiger partial charge in [-0.15, -0.1) is 4.72 Å². The molecule has 2 unspecified atom stereocenters. The topological polar surface area (TPSA) is 132 Å². The third-order valence-electron chi connectivity index (χ3n) is 6.64. The molecule has 13 heteroatoms. The van der Waals surface area contributed by atoms with E-state index in [4.69, 9.17) is 0 Å². The number of pyridine rings is 1. The fourth-order valence-corrected chi connectivity index (χ4v) is 5.18. The Bertz CT molecular complexity index is 1500. The molecule has 0 saturated heterocycles. The summed E-state index contributed by atoms with van der Waals surface area (Å²) >= 11 is -1.63. The monoisotopic (exact) mass is 560 g/mol. The predicted octanol–water partition coefficient (Wildman–Crippen LogP) is 3.86. The number of aromatic nitrogens is 5. The number of nitrogens with zero attached hydrogens (tertiary/aromatic N) is 5. The van der Waals surface area contributed by atoms with E-state index in [0.717, 1.165) is 12.3 Å². The summed E-state index contributed by atoms with van der Waals surface area (Å²) in [6.07, 6.45) is -2.03. The van der Waals surface area contributed by atoms with Crippen molar-refractivity contribution in [3.63, 3.8) is 0 Å². The summed E-state index contributed by atoms with van der Waals surface area (Å²) in [6, 6.07) is 11.1. The van der Waals surface area contributed by atoms with Crippen LogP contribution in [0.15, 0.2) is 54.9 Å². The molecule has 4 aromatic rings. The van der Waals surface area contributed by atoms with E-state index in [1.54, 1.807) is 57.2 Å². The van der Waals surface area contributed by atoms with Gasteiger partial charge >= 0.3 is 6.18 Å². The minimum atomic E-state index is -4.63. The van der Waals surface area contributed by atoms with Gasteiger partial charge in [-0.1, -0.05) is 18.2 Å². The lowest BCUT2D eigenvalue weighted by atomic mass is 9.74. The molecular weight excluding hydrogens is 533 g/mol. The van der Waals surface area contributed by atoms with Crippen LogP contribution in [0.3, 0.4) is 0 Å². The molecule has 0 amide bonds. The predicted molar refractivity (Wildman–Crippen MR) is 139 cm³/mol. The molecule has 1 aliphatic rings. The lowest BCUT2D eigenvalue weighted by molar-refractivity contribution is -0.141. The Kier molecular flexibility index (Phi) is 6.92. The van der Waals surface area contributed by atoms with Crippen molar-refractivity contribution in [3.8, 4) is 17.2 Å². The van der Waals surface area contributed by atoms with Gasteiger partial charge in [-0.25, -0.2) is 15.0 Å². The summed E-state index contributed by atoms with van der Waals surface area (Å²) in [7, 11) is 0. The van der Waals surface area contributed by atoms with Crippen LogP contribution in [-0.2, 0) is 23.3 Å². The molecule has 1 saturated carbocycles. The molecule has 0 aliphatic heterocycles. The van der Waals surface area contributed by atoms with E-state index in [0.29, 0.717) is 35.0 Å². The molecule has 1 aliphatic carbocycles. The molecular formula is C26H27F3N6O3S. The van der Waals surface area contributed by atoms with Gasteiger partial charge in [-0.3, -0.25) is 0 Å². The van der Waals surface area contributed by atoms with Gasteiger partial charge in [-0.2, -0.15) is 23.0 Å². The van der Waals surface area contributed by atoms with Crippen molar-refractivity contribution in [3.05, 3.63) is 66.2 Å². The molecule has 2 atom stereocenters. The van der Waals surface area contributed by atoms with Crippen molar-refractivity contribution in [2.24, 2.45) is 5.92 Å². The molecule has 0 radical (unpaired) electrons. The Morgan fingerprint density at radius 1 is 1.05 bits per heavy atom. The van der Waals surface area contributed by atoms with Gasteiger partial charge in [0, 0.05) is 34.4 Å². The maximum Gasteiger partial charge on any atom is 0.433 e. The number of halogens is 3. The van der Waals surface area contributed by atoms with Gasteiger partial charge < -0.3 is 14.8 Å². The molecule has 0 bridgehead atoms. The average molecular weight is 561 g/mol. The van der Waals surface area contributed by atoms with E-state index < -0.39 is 45.7 Å². The fraction of sp³-hybridized carbons (Fsp3) is 0.385. The summed E-state index contributed by atoms with van der Waals surface area (Å²) in [5.41, 5.74) is -1.07. The lowest BCUT2D eigenvalue weighted by Gasteiger charge is -2.44. The number of hydrogen-bond donors (Lipinski definition) is 3. The number of nitrogens with one attached hydrogen (secondary N) is 1. The zero-order valence-corrected chi connectivity index (χ0v) is 22.2. The Labute approximate surface area is 225 Å². The average Bonchev–Trinajstić information content (AvgIpc) is 3.29. The molecule has 5 rings (SSSR count). The third kappa shape index (κ3) is 5.37. The standard InChI is InChI=1S/C26H27F3N6O3S/c1-24(2,3)39(38)34-25(37,17-12-18(36)13-17)21-6-4-5-19(32-21)15-7-8-16-14-31-35(20(16)11-15)23-30-10-9-22(33-23)26(27,28)29/h4-11,14,17-18,34,36-37H,12-13H2,1-3H3. The number of aliphatic hydroxyl groups is 2. The summed E-state index contributed by atoms with van der Waals surface area (Å²) in [4.78, 5) is 12.3. The summed E-state index contributed by atoms with van der Waals surface area (Å²) in [5.74, 6) is -0.644. The Balaban J connectivity index is 1.54. The molecule has 3 N–H and O–H groups in total. The van der Waals surface area contributed by atoms with Crippen molar-refractivity contribution < 1.29 is 27.9 Å². The van der Waals surface area contributed by atoms with E-state index in [1.807, 2.05) is 0 Å². The van der Waals surface area contributed by atoms with Gasteiger partial charge in [0.2, 0.25) is 5.72 Å². The molecule has 3 aromatic heterocycles. The van der Waals surface area contributed by atoms with Gasteiger partial charge in [0.05, 0.1) is 29.2 Å². The molecule has 1 aromatic carbocycles. The highest BCUT2D eigenvalue weighted by molar-refractivity contribution is 7.90. The second-order valence-electron chi connectivity index (χ2n) is 10.5. The van der Waals surface area contributed by atoms with Crippen LogP contribution >= 0.6 is 0 Å². The number of aliphatic hydroxyl groups excluding tert-OH is 1. The fourth-order valence-electron chi connectivity index (χ4n) is 4.32. The van der Waals surface area contributed by atoms with Gasteiger partial charge in [-0.05, 0) is 57.9 Å². The van der Waals surface area contributed by atoms with Crippen molar-refractivity contribution in [1.82, 2.24) is 29.5 Å². The Morgan fingerprint density at radius 2 is 1.79 bits per heavy atom. The minimum absolute atomic E-state index is 0.231. The van der Waals surface area contributed by atoms with Crippen LogP contribution in [-0.4, -0.2) is 50.3 Å². The number of fused-ring (bicyclic) bond motifs is 1. The Hall–Kier alpha value is -3.10. The lowest BCUT2D eigenvalue weighted by Crippen LogP contribution is -2.59. The van der Waals surface area contributed by atoms with Crippen LogP contribution in [0.2, 0.25) is 0 Å². The number of alkyl halides is 3. The molecule has 206 valence electrons. The van der Waals surface area contributed by atoms with Crippen LogP contribution in [0.1, 0.15) is 45.0 Å². The highest BCUT2D eigenvalue weighted by atomic mass is 32.2. The van der Waals surface area contributed by atoms with Crippen molar-refractivity contribution in [2.45, 2.75) is 56.4 Å². The largest absolute Gasteiger partial charge is 0.598 e. The number of hydrogen-bond acceptors (Lipinski definition) is 8. The van der Waals surface area contributed by atoms with Gasteiger partial charge in [0.15, 0.2) is 0 Å². The molecule has 39 heavy (non-hydrogen) atoms. The van der Waals surface area contributed by atoms with Crippen molar-refractivity contribution in [2.75, 3.05) is 0 Å². The van der Waals surface area contributed by atoms with E-state index in [9.17, 15) is 27.9 Å². The van der Waals surface area contributed by atoms with E-state index in [-0.39, 0.29) is 11.6 Å². The highest BCUT2D eigenvalue weighted by Gasteiger charge is 2.51. The molecule has 1 fully saturated rings. The second-order valence-corrected chi connectivity index (χ2v) is 12.5. The Morgan fingerprint density at radius 3 is 2.46 bits per heavy atom. The van der Waals surface area contributed by atoms with E-state index in [2.05, 4.69) is 24.8 Å². The van der Waals surface area contributed by atoms with Crippen molar-refractivity contribution >= 4 is 22.3 Å². The summed E-state index contributed by atoms with van der Waals surface area (Å²) in [5, 5.41) is 26.5. The molecule has 9 nitrogen and oxygen atoms in total. The number of rotatable bonds is 6. The molecule has 0 spiro atoms. The van der Waals surface area contributed by atoms with Crippen LogP contribution in [0, 0.1) is 5.92 Å². The highest BCUT2D eigenvalue weighted by Crippen LogP contribution is 2.42. The van der Waals surface area contributed by atoms with Gasteiger partial charge in [0.1, 0.15) is 10.4 Å². The van der Waals surface area contributed by atoms with Crippen LogP contribution in [0.25, 0.3) is 28.1 Å². The van der Waals surface area contributed by atoms with Crippen molar-refractivity contribution in [1.29, 1.82) is 0 Å². The van der Waals surface area contributed by atoms with E-state index >= 15 is 0 Å². The third-order valence-corrected chi connectivity index (χ3v) is 8.25. The van der Waals surface area contributed by atoms with Gasteiger partial charge in [0.25, 0.3) is 5.95 Å². The first-order valence-electron chi connectivity index (χ1n) is 12.2. The first-order valence-corrected chi connectivity index (χ1v) is 13.4. The minimum Gasteiger partial charge on any atom is -0.598 e. The van der Waals surface area contributed by atoms with Crippen LogP contribution in [0.5, 0.6) is 0 Å². The van der Waals surface area contributed by atoms with Crippen LogP contribution in [0.4, 0.5) is 13.2 Å². The zero-order valence-electron chi connectivity index (χ0n) is 21.3. The summed E-state index contributed by atoms with van der Waals surface area (Å²) < 4.78 is 56.0. The zero-order chi connectivity index (χ0) is 28.2. The van der Waals surface area contributed by atoms with E-state index in [1.165, 1.54) is 10.9 Å². The first-order chi connectivity index (χ1) is 18.3. The molecule has 3 heterocycles. The quantitative estimate of drug-likeness (QED) is 0.239. The normalized spacial score (nSPS) is 20.4.